The van der Waals surface area contributed by atoms with Crippen molar-refractivity contribution in [2.75, 3.05) is 13.4 Å². The van der Waals surface area contributed by atoms with Crippen molar-refractivity contribution in [1.29, 1.82) is 0 Å². The van der Waals surface area contributed by atoms with Gasteiger partial charge in [0.1, 0.15) is 0 Å². The van der Waals surface area contributed by atoms with Crippen molar-refractivity contribution in [3.63, 3.8) is 0 Å². The fraction of sp³-hybridized carbons (Fsp3) is 0.375. The minimum Gasteiger partial charge on any atom is -0.462 e. The second-order valence-electron chi connectivity index (χ2n) is 2.39. The van der Waals surface area contributed by atoms with E-state index >= 15 is 0 Å². The Labute approximate surface area is 79.0 Å². The molecule has 5 heteroatoms. The second kappa shape index (κ2) is 3.26. The summed E-state index contributed by atoms with van der Waals surface area (Å²) in [6.07, 6.45) is 0. The van der Waals surface area contributed by atoms with Crippen LogP contribution in [0.25, 0.3) is 0 Å². The summed E-state index contributed by atoms with van der Waals surface area (Å²) >= 11 is 1.28. The van der Waals surface area contributed by atoms with Crippen LogP contribution in [0.1, 0.15) is 16.6 Å². The van der Waals surface area contributed by atoms with Crippen LogP contribution in [-0.2, 0) is 4.74 Å². The molecule has 0 saturated carbocycles. The van der Waals surface area contributed by atoms with Crippen LogP contribution in [0.4, 0.5) is 0 Å². The van der Waals surface area contributed by atoms with Crippen molar-refractivity contribution in [3.8, 4) is 11.5 Å². The van der Waals surface area contributed by atoms with Crippen molar-refractivity contribution >= 4 is 17.3 Å². The average Bonchev–Trinajstić information content (AvgIpc) is 2.62. The molecule has 0 spiro atoms. The third-order valence-corrected chi connectivity index (χ3v) is 2.51. The number of fused-ring (bicyclic) bond motifs is 1. The van der Waals surface area contributed by atoms with Gasteiger partial charge in [0.15, 0.2) is 16.4 Å². The average molecular weight is 200 g/mol. The normalized spacial score (nSPS) is 13.0. The Morgan fingerprint density at radius 3 is 3.31 bits per heavy atom. The molecule has 1 aliphatic rings. The third-order valence-electron chi connectivity index (χ3n) is 1.59. The maximum atomic E-state index is 11.3. The van der Waals surface area contributed by atoms with Gasteiger partial charge >= 0.3 is 5.97 Å². The topological polar surface area (TPSA) is 44.8 Å². The minimum absolute atomic E-state index is 0.185. The molecule has 2 heterocycles. The molecule has 1 aromatic heterocycles. The van der Waals surface area contributed by atoms with Crippen LogP contribution >= 0.6 is 11.3 Å². The van der Waals surface area contributed by atoms with E-state index in [0.29, 0.717) is 23.0 Å². The summed E-state index contributed by atoms with van der Waals surface area (Å²) < 4.78 is 15.1. The molecule has 0 bridgehead atoms. The molecule has 0 N–H and O–H groups in total. The summed E-state index contributed by atoms with van der Waals surface area (Å²) in [7, 11) is 0. The van der Waals surface area contributed by atoms with Crippen molar-refractivity contribution in [3.05, 3.63) is 10.3 Å². The zero-order valence-corrected chi connectivity index (χ0v) is 7.85. The van der Waals surface area contributed by atoms with Gasteiger partial charge in [-0.2, -0.15) is 0 Å². The van der Waals surface area contributed by atoms with E-state index in [9.17, 15) is 4.79 Å². The zero-order valence-electron chi connectivity index (χ0n) is 7.03. The van der Waals surface area contributed by atoms with Crippen LogP contribution < -0.4 is 9.47 Å². The minimum atomic E-state index is -0.348. The lowest BCUT2D eigenvalue weighted by atomic mass is 10.4. The summed E-state index contributed by atoms with van der Waals surface area (Å²) in [4.78, 5) is 11.8. The molecule has 0 radical (unpaired) electrons. The lowest BCUT2D eigenvalue weighted by Gasteiger charge is -1.99. The molecule has 0 fully saturated rings. The van der Waals surface area contributed by atoms with E-state index in [-0.39, 0.29) is 12.8 Å². The summed E-state index contributed by atoms with van der Waals surface area (Å²) in [5, 5.41) is 1.74. The van der Waals surface area contributed by atoms with E-state index in [1.54, 1.807) is 12.3 Å². The number of rotatable bonds is 2. The lowest BCUT2D eigenvalue weighted by molar-refractivity contribution is 0.0527. The van der Waals surface area contributed by atoms with Gasteiger partial charge in [-0.15, -0.1) is 11.3 Å². The second-order valence-corrected chi connectivity index (χ2v) is 3.26. The first kappa shape index (κ1) is 8.37. The highest BCUT2D eigenvalue weighted by Gasteiger charge is 2.25. The molecule has 13 heavy (non-hydrogen) atoms. The number of carbonyl (C=O) groups is 1. The molecule has 0 saturated heterocycles. The highest BCUT2D eigenvalue weighted by Crippen LogP contribution is 2.40. The number of esters is 1. The fourth-order valence-electron chi connectivity index (χ4n) is 1.06. The first-order chi connectivity index (χ1) is 6.33. The molecule has 1 aromatic rings. The largest absolute Gasteiger partial charge is 0.462 e. The maximum absolute atomic E-state index is 11.3. The van der Waals surface area contributed by atoms with Crippen LogP contribution in [0.2, 0.25) is 0 Å². The molecule has 0 atom stereocenters. The highest BCUT2D eigenvalue weighted by atomic mass is 32.1. The molecule has 4 nitrogen and oxygen atoms in total. The molecule has 2 rings (SSSR count). The lowest BCUT2D eigenvalue weighted by Crippen LogP contribution is -2.04. The number of thiophene rings is 1. The number of hydrogen-bond acceptors (Lipinski definition) is 5. The van der Waals surface area contributed by atoms with Crippen LogP contribution in [0.5, 0.6) is 11.5 Å². The van der Waals surface area contributed by atoms with Crippen LogP contribution in [0.15, 0.2) is 5.38 Å². The molecule has 0 unspecified atom stereocenters. The SMILES string of the molecule is CCOC(=O)c1scc2c1OCO2. The van der Waals surface area contributed by atoms with Crippen molar-refractivity contribution in [1.82, 2.24) is 0 Å². The first-order valence-electron chi connectivity index (χ1n) is 3.87. The summed E-state index contributed by atoms with van der Waals surface area (Å²) in [5.41, 5.74) is 0. The molecule has 0 amide bonds. The summed E-state index contributed by atoms with van der Waals surface area (Å²) in [5.74, 6) is 0.802. The standard InChI is InChI=1S/C8H8O4S/c1-2-10-8(9)7-6-5(3-13-7)11-4-12-6/h3H,2,4H2,1H3. The van der Waals surface area contributed by atoms with Gasteiger partial charge in [0.25, 0.3) is 0 Å². The van der Waals surface area contributed by atoms with E-state index in [0.717, 1.165) is 0 Å². The Bertz CT molecular complexity index is 331. The van der Waals surface area contributed by atoms with Crippen LogP contribution in [0.3, 0.4) is 0 Å². The molecular weight excluding hydrogens is 192 g/mol. The Morgan fingerprint density at radius 2 is 2.54 bits per heavy atom. The maximum Gasteiger partial charge on any atom is 0.352 e. The molecular formula is C8H8O4S. The quantitative estimate of drug-likeness (QED) is 0.681. The summed E-state index contributed by atoms with van der Waals surface area (Å²) in [6.45, 7) is 2.32. The smallest absolute Gasteiger partial charge is 0.352 e. The Morgan fingerprint density at radius 1 is 1.69 bits per heavy atom. The van der Waals surface area contributed by atoms with Crippen LogP contribution in [-0.4, -0.2) is 19.4 Å². The monoisotopic (exact) mass is 200 g/mol. The van der Waals surface area contributed by atoms with Gasteiger partial charge in [-0.05, 0) is 6.92 Å². The van der Waals surface area contributed by atoms with Gasteiger partial charge in [-0.25, -0.2) is 4.79 Å². The van der Waals surface area contributed by atoms with Gasteiger partial charge in [-0.1, -0.05) is 0 Å². The molecule has 1 aliphatic heterocycles. The van der Waals surface area contributed by atoms with Crippen LogP contribution in [0, 0.1) is 0 Å². The van der Waals surface area contributed by atoms with Gasteiger partial charge in [0.2, 0.25) is 6.79 Å². The highest BCUT2D eigenvalue weighted by molar-refractivity contribution is 7.12. The van der Waals surface area contributed by atoms with E-state index in [1.807, 2.05) is 0 Å². The Kier molecular flexibility index (Phi) is 2.10. The van der Waals surface area contributed by atoms with Crippen molar-refractivity contribution < 1.29 is 19.0 Å². The van der Waals surface area contributed by atoms with E-state index in [1.165, 1.54) is 11.3 Å². The first-order valence-corrected chi connectivity index (χ1v) is 4.75. The van der Waals surface area contributed by atoms with Gasteiger partial charge < -0.3 is 14.2 Å². The van der Waals surface area contributed by atoms with Gasteiger partial charge in [0, 0.05) is 5.38 Å². The number of carbonyl (C=O) groups excluding carboxylic acids is 1. The summed E-state index contributed by atoms with van der Waals surface area (Å²) in [6, 6.07) is 0. The molecule has 0 aromatic carbocycles. The van der Waals surface area contributed by atoms with E-state index < -0.39 is 0 Å². The van der Waals surface area contributed by atoms with E-state index in [2.05, 4.69) is 0 Å². The zero-order chi connectivity index (χ0) is 9.26. The van der Waals surface area contributed by atoms with Gasteiger partial charge in [0.05, 0.1) is 6.61 Å². The van der Waals surface area contributed by atoms with Crippen molar-refractivity contribution in [2.45, 2.75) is 6.92 Å². The number of hydrogen-bond donors (Lipinski definition) is 0. The fourth-order valence-corrected chi connectivity index (χ4v) is 1.88. The predicted molar refractivity (Wildman–Crippen MR) is 46.4 cm³/mol. The molecule has 0 aliphatic carbocycles. The number of ether oxygens (including phenoxy) is 3. The third kappa shape index (κ3) is 1.35. The predicted octanol–water partition coefficient (Wildman–Crippen LogP) is 1.65. The Balaban J connectivity index is 2.26. The van der Waals surface area contributed by atoms with E-state index in [4.69, 9.17) is 14.2 Å². The Hall–Kier alpha value is -1.23. The molecule has 70 valence electrons. The van der Waals surface area contributed by atoms with Gasteiger partial charge in [-0.3, -0.25) is 0 Å². The van der Waals surface area contributed by atoms with Crippen molar-refractivity contribution in [2.24, 2.45) is 0 Å².